The SMILES string of the molecule is CCOC(=O)c1cnc(C)nc1OCC1CC1c1ccc(OC)cn1. The summed E-state index contributed by atoms with van der Waals surface area (Å²) in [6.07, 6.45) is 4.17. The van der Waals surface area contributed by atoms with Crippen LogP contribution < -0.4 is 9.47 Å². The van der Waals surface area contributed by atoms with Crippen molar-refractivity contribution in [2.24, 2.45) is 5.92 Å². The number of hydrogen-bond donors (Lipinski definition) is 0. The second-order valence-electron chi connectivity index (χ2n) is 5.89. The Hall–Kier alpha value is -2.70. The molecule has 0 spiro atoms. The molecule has 2 aromatic heterocycles. The number of pyridine rings is 1. The summed E-state index contributed by atoms with van der Waals surface area (Å²) >= 11 is 0. The molecule has 2 heterocycles. The van der Waals surface area contributed by atoms with E-state index in [1.807, 2.05) is 12.1 Å². The van der Waals surface area contributed by atoms with Crippen molar-refractivity contribution < 1.29 is 19.0 Å². The van der Waals surface area contributed by atoms with Crippen molar-refractivity contribution in [3.8, 4) is 11.6 Å². The summed E-state index contributed by atoms with van der Waals surface area (Å²) in [5, 5.41) is 0. The smallest absolute Gasteiger partial charge is 0.345 e. The van der Waals surface area contributed by atoms with E-state index in [9.17, 15) is 4.79 Å². The average Bonchev–Trinajstić information content (AvgIpc) is 3.40. The summed E-state index contributed by atoms with van der Waals surface area (Å²) in [5.74, 6) is 1.81. The van der Waals surface area contributed by atoms with Gasteiger partial charge in [0, 0.05) is 23.7 Å². The third kappa shape index (κ3) is 4.04. The average molecular weight is 343 g/mol. The predicted molar refractivity (Wildman–Crippen MR) is 89.9 cm³/mol. The van der Waals surface area contributed by atoms with Crippen molar-refractivity contribution in [2.75, 3.05) is 20.3 Å². The molecule has 0 radical (unpaired) electrons. The molecule has 7 heteroatoms. The van der Waals surface area contributed by atoms with Crippen LogP contribution in [0.5, 0.6) is 11.6 Å². The monoisotopic (exact) mass is 343 g/mol. The Bertz CT molecular complexity index is 748. The molecule has 2 aromatic rings. The van der Waals surface area contributed by atoms with E-state index in [0.29, 0.717) is 30.9 Å². The van der Waals surface area contributed by atoms with Gasteiger partial charge in [0.25, 0.3) is 0 Å². The molecule has 7 nitrogen and oxygen atoms in total. The van der Waals surface area contributed by atoms with E-state index in [-0.39, 0.29) is 11.4 Å². The number of aromatic nitrogens is 3. The fourth-order valence-electron chi connectivity index (χ4n) is 2.62. The number of rotatable bonds is 7. The molecule has 2 unspecified atom stereocenters. The highest BCUT2D eigenvalue weighted by Gasteiger charge is 2.40. The number of esters is 1. The van der Waals surface area contributed by atoms with Gasteiger partial charge < -0.3 is 14.2 Å². The lowest BCUT2D eigenvalue weighted by molar-refractivity contribution is 0.0519. The van der Waals surface area contributed by atoms with Crippen LogP contribution in [0, 0.1) is 12.8 Å². The highest BCUT2D eigenvalue weighted by atomic mass is 16.5. The van der Waals surface area contributed by atoms with Gasteiger partial charge >= 0.3 is 5.97 Å². The molecular weight excluding hydrogens is 322 g/mol. The summed E-state index contributed by atoms with van der Waals surface area (Å²) in [6.45, 7) is 4.27. The Morgan fingerprint density at radius 3 is 2.80 bits per heavy atom. The summed E-state index contributed by atoms with van der Waals surface area (Å²) in [5.41, 5.74) is 1.28. The lowest BCUT2D eigenvalue weighted by Gasteiger charge is -2.10. The van der Waals surface area contributed by atoms with Crippen molar-refractivity contribution in [2.45, 2.75) is 26.2 Å². The summed E-state index contributed by atoms with van der Waals surface area (Å²) in [7, 11) is 1.62. The van der Waals surface area contributed by atoms with E-state index in [1.54, 1.807) is 27.2 Å². The van der Waals surface area contributed by atoms with E-state index in [0.717, 1.165) is 17.9 Å². The van der Waals surface area contributed by atoms with E-state index < -0.39 is 5.97 Å². The van der Waals surface area contributed by atoms with Crippen LogP contribution >= 0.6 is 0 Å². The van der Waals surface area contributed by atoms with Gasteiger partial charge in [-0.3, -0.25) is 4.98 Å². The van der Waals surface area contributed by atoms with Crippen LogP contribution in [0.1, 0.15) is 41.1 Å². The number of ether oxygens (including phenoxy) is 3. The van der Waals surface area contributed by atoms with Crippen LogP contribution in [0.2, 0.25) is 0 Å². The fraction of sp³-hybridized carbons (Fsp3) is 0.444. The molecule has 0 saturated heterocycles. The first-order chi connectivity index (χ1) is 12.1. The summed E-state index contributed by atoms with van der Waals surface area (Å²) in [6, 6.07) is 3.88. The number of aryl methyl sites for hydroxylation is 1. The normalized spacial score (nSPS) is 18.5. The fourth-order valence-corrected chi connectivity index (χ4v) is 2.62. The number of methoxy groups -OCH3 is 1. The Labute approximate surface area is 146 Å². The maximum absolute atomic E-state index is 12.0. The van der Waals surface area contributed by atoms with Crippen LogP contribution in [0.3, 0.4) is 0 Å². The lowest BCUT2D eigenvalue weighted by Crippen LogP contribution is -2.12. The van der Waals surface area contributed by atoms with E-state index in [1.165, 1.54) is 6.20 Å². The number of hydrogen-bond acceptors (Lipinski definition) is 7. The van der Waals surface area contributed by atoms with Gasteiger partial charge in [-0.05, 0) is 32.4 Å². The Balaban J connectivity index is 1.62. The molecule has 1 aliphatic carbocycles. The Morgan fingerprint density at radius 1 is 1.28 bits per heavy atom. The van der Waals surface area contributed by atoms with E-state index in [4.69, 9.17) is 14.2 Å². The second kappa shape index (κ2) is 7.46. The third-order valence-corrected chi connectivity index (χ3v) is 4.10. The van der Waals surface area contributed by atoms with Crippen molar-refractivity contribution >= 4 is 5.97 Å². The molecular formula is C18H21N3O4. The van der Waals surface area contributed by atoms with Gasteiger partial charge in [-0.2, -0.15) is 4.98 Å². The van der Waals surface area contributed by atoms with Crippen molar-refractivity contribution in [1.29, 1.82) is 0 Å². The molecule has 0 amide bonds. The number of carbonyl (C=O) groups excluding carboxylic acids is 1. The summed E-state index contributed by atoms with van der Waals surface area (Å²) < 4.78 is 15.9. The van der Waals surface area contributed by atoms with Gasteiger partial charge in [0.15, 0.2) is 0 Å². The topological polar surface area (TPSA) is 83.4 Å². The van der Waals surface area contributed by atoms with Gasteiger partial charge in [-0.15, -0.1) is 0 Å². The maximum atomic E-state index is 12.0. The molecule has 0 aromatic carbocycles. The zero-order valence-corrected chi connectivity index (χ0v) is 14.6. The van der Waals surface area contributed by atoms with Crippen molar-refractivity contribution in [3.05, 3.63) is 41.6 Å². The molecule has 1 saturated carbocycles. The van der Waals surface area contributed by atoms with Crippen LogP contribution in [0.4, 0.5) is 0 Å². The third-order valence-electron chi connectivity index (χ3n) is 4.10. The number of carbonyl (C=O) groups is 1. The molecule has 1 aliphatic rings. The van der Waals surface area contributed by atoms with Gasteiger partial charge in [0.2, 0.25) is 5.88 Å². The van der Waals surface area contributed by atoms with E-state index in [2.05, 4.69) is 15.0 Å². The summed E-state index contributed by atoms with van der Waals surface area (Å²) in [4.78, 5) is 24.7. The van der Waals surface area contributed by atoms with Gasteiger partial charge in [0.05, 0.1) is 26.5 Å². The molecule has 3 rings (SSSR count). The molecule has 0 bridgehead atoms. The minimum absolute atomic E-state index is 0.257. The van der Waals surface area contributed by atoms with E-state index >= 15 is 0 Å². The molecule has 0 aliphatic heterocycles. The maximum Gasteiger partial charge on any atom is 0.345 e. The number of nitrogens with zero attached hydrogens (tertiary/aromatic N) is 3. The van der Waals surface area contributed by atoms with Crippen LogP contribution in [-0.4, -0.2) is 41.2 Å². The van der Waals surface area contributed by atoms with Gasteiger partial charge in [-0.25, -0.2) is 9.78 Å². The highest BCUT2D eigenvalue weighted by molar-refractivity contribution is 5.91. The predicted octanol–water partition coefficient (Wildman–Crippen LogP) is 2.55. The van der Waals surface area contributed by atoms with Gasteiger partial charge in [-0.1, -0.05) is 0 Å². The van der Waals surface area contributed by atoms with Crippen LogP contribution in [0.15, 0.2) is 24.5 Å². The quantitative estimate of drug-likeness (QED) is 0.714. The molecule has 0 N–H and O–H groups in total. The van der Waals surface area contributed by atoms with Crippen molar-refractivity contribution in [3.63, 3.8) is 0 Å². The molecule has 25 heavy (non-hydrogen) atoms. The molecule has 132 valence electrons. The first-order valence-corrected chi connectivity index (χ1v) is 8.25. The van der Waals surface area contributed by atoms with Crippen molar-refractivity contribution in [1.82, 2.24) is 15.0 Å². The molecule has 2 atom stereocenters. The largest absolute Gasteiger partial charge is 0.495 e. The minimum atomic E-state index is -0.471. The first kappa shape index (κ1) is 17.1. The van der Waals surface area contributed by atoms with Crippen LogP contribution in [0.25, 0.3) is 0 Å². The Kier molecular flexibility index (Phi) is 5.11. The standard InChI is InChI=1S/C18H21N3O4/c1-4-24-18(22)15-9-19-11(2)21-17(15)25-10-12-7-14(12)16-6-5-13(23-3)8-20-16/h5-6,8-9,12,14H,4,7,10H2,1-3H3. The van der Waals surface area contributed by atoms with Crippen LogP contribution in [-0.2, 0) is 4.74 Å². The zero-order chi connectivity index (χ0) is 17.8. The first-order valence-electron chi connectivity index (χ1n) is 8.25. The highest BCUT2D eigenvalue weighted by Crippen LogP contribution is 2.46. The minimum Gasteiger partial charge on any atom is -0.495 e. The lowest BCUT2D eigenvalue weighted by atomic mass is 10.2. The van der Waals surface area contributed by atoms with Gasteiger partial charge in [0.1, 0.15) is 17.1 Å². The Morgan fingerprint density at radius 2 is 2.12 bits per heavy atom. The second-order valence-corrected chi connectivity index (χ2v) is 5.89. The zero-order valence-electron chi connectivity index (χ0n) is 14.6. The molecule has 1 fully saturated rings.